The van der Waals surface area contributed by atoms with E-state index in [4.69, 9.17) is 10.5 Å². The zero-order valence-electron chi connectivity index (χ0n) is 11.1. The Bertz CT molecular complexity index is 233. The van der Waals surface area contributed by atoms with E-state index in [9.17, 15) is 4.79 Å². The molecule has 0 aromatic carbocycles. The molecule has 4 heteroatoms. The van der Waals surface area contributed by atoms with Gasteiger partial charge >= 0.3 is 0 Å². The highest BCUT2D eigenvalue weighted by Gasteiger charge is 2.21. The van der Waals surface area contributed by atoms with Gasteiger partial charge in [-0.3, -0.25) is 4.79 Å². The van der Waals surface area contributed by atoms with Crippen molar-refractivity contribution in [2.24, 2.45) is 5.73 Å². The SMILES string of the molecule is COC(C)CCC(=O)NC1CCCCCC1N. The zero-order chi connectivity index (χ0) is 12.7. The Balaban J connectivity index is 2.28. The molecule has 3 atom stereocenters. The van der Waals surface area contributed by atoms with Crippen molar-refractivity contribution in [3.8, 4) is 0 Å². The van der Waals surface area contributed by atoms with Crippen LogP contribution in [0.15, 0.2) is 0 Å². The first-order chi connectivity index (χ1) is 8.13. The molecular weight excluding hydrogens is 216 g/mol. The maximum atomic E-state index is 11.8. The molecular formula is C13H26N2O2. The van der Waals surface area contributed by atoms with Crippen LogP contribution in [0.25, 0.3) is 0 Å². The molecule has 1 fully saturated rings. The summed E-state index contributed by atoms with van der Waals surface area (Å²) in [6.07, 6.45) is 7.08. The fraction of sp³-hybridized carbons (Fsp3) is 0.923. The van der Waals surface area contributed by atoms with Gasteiger partial charge in [0.05, 0.1) is 6.10 Å². The van der Waals surface area contributed by atoms with Crippen molar-refractivity contribution >= 4 is 5.91 Å². The van der Waals surface area contributed by atoms with Crippen LogP contribution < -0.4 is 11.1 Å². The van der Waals surface area contributed by atoms with Gasteiger partial charge in [-0.15, -0.1) is 0 Å². The quantitative estimate of drug-likeness (QED) is 0.719. The molecule has 1 amide bonds. The second kappa shape index (κ2) is 7.67. The Morgan fingerprint density at radius 3 is 2.82 bits per heavy atom. The van der Waals surface area contributed by atoms with Gasteiger partial charge in [0.2, 0.25) is 5.91 Å². The molecule has 0 spiro atoms. The molecule has 3 unspecified atom stereocenters. The fourth-order valence-electron chi connectivity index (χ4n) is 2.25. The lowest BCUT2D eigenvalue weighted by Gasteiger charge is -2.23. The summed E-state index contributed by atoms with van der Waals surface area (Å²) in [5, 5.41) is 3.07. The third-order valence-corrected chi connectivity index (χ3v) is 3.60. The minimum Gasteiger partial charge on any atom is -0.382 e. The van der Waals surface area contributed by atoms with E-state index in [0.29, 0.717) is 6.42 Å². The number of nitrogens with one attached hydrogen (secondary N) is 1. The molecule has 1 aliphatic carbocycles. The number of methoxy groups -OCH3 is 1. The number of hydrogen-bond donors (Lipinski definition) is 2. The predicted octanol–water partition coefficient (Wildman–Crippen LogP) is 1.58. The maximum absolute atomic E-state index is 11.8. The monoisotopic (exact) mass is 242 g/mol. The van der Waals surface area contributed by atoms with E-state index in [1.807, 2.05) is 6.92 Å². The lowest BCUT2D eigenvalue weighted by atomic mass is 10.0. The number of nitrogens with two attached hydrogens (primary N) is 1. The van der Waals surface area contributed by atoms with E-state index in [1.165, 1.54) is 19.3 Å². The summed E-state index contributed by atoms with van der Waals surface area (Å²) in [7, 11) is 1.67. The molecule has 100 valence electrons. The summed E-state index contributed by atoms with van der Waals surface area (Å²) in [5.74, 6) is 0.108. The number of amides is 1. The lowest BCUT2D eigenvalue weighted by Crippen LogP contribution is -2.47. The number of hydrogen-bond acceptors (Lipinski definition) is 3. The standard InChI is InChI=1S/C13H26N2O2/c1-10(17-2)8-9-13(16)15-12-7-5-3-4-6-11(12)14/h10-12H,3-9,14H2,1-2H3,(H,15,16). The van der Waals surface area contributed by atoms with Gasteiger partial charge in [-0.2, -0.15) is 0 Å². The van der Waals surface area contributed by atoms with Crippen LogP contribution in [0, 0.1) is 0 Å². The van der Waals surface area contributed by atoms with Crippen molar-refractivity contribution < 1.29 is 9.53 Å². The Hall–Kier alpha value is -0.610. The van der Waals surface area contributed by atoms with Crippen LogP contribution in [0.1, 0.15) is 51.9 Å². The van der Waals surface area contributed by atoms with Crippen molar-refractivity contribution in [3.05, 3.63) is 0 Å². The first kappa shape index (κ1) is 14.5. The van der Waals surface area contributed by atoms with Gasteiger partial charge in [-0.25, -0.2) is 0 Å². The van der Waals surface area contributed by atoms with E-state index < -0.39 is 0 Å². The van der Waals surface area contributed by atoms with Gasteiger partial charge in [0.25, 0.3) is 0 Å². The highest BCUT2D eigenvalue weighted by atomic mass is 16.5. The topological polar surface area (TPSA) is 64.3 Å². The summed E-state index contributed by atoms with van der Waals surface area (Å²) < 4.78 is 5.13. The van der Waals surface area contributed by atoms with E-state index in [1.54, 1.807) is 7.11 Å². The molecule has 0 aromatic rings. The molecule has 1 rings (SSSR count). The van der Waals surface area contributed by atoms with Crippen LogP contribution in [0.3, 0.4) is 0 Å². The molecule has 0 aliphatic heterocycles. The zero-order valence-corrected chi connectivity index (χ0v) is 11.1. The third-order valence-electron chi connectivity index (χ3n) is 3.60. The summed E-state index contributed by atoms with van der Waals surface area (Å²) >= 11 is 0. The minimum atomic E-state index is 0.108. The van der Waals surface area contributed by atoms with Gasteiger partial charge in [-0.1, -0.05) is 19.3 Å². The smallest absolute Gasteiger partial charge is 0.220 e. The van der Waals surface area contributed by atoms with E-state index in [0.717, 1.165) is 19.3 Å². The van der Waals surface area contributed by atoms with Crippen molar-refractivity contribution in [2.45, 2.75) is 70.1 Å². The van der Waals surface area contributed by atoms with Gasteiger partial charge in [0, 0.05) is 25.6 Å². The Kier molecular flexibility index (Phi) is 6.52. The van der Waals surface area contributed by atoms with Crippen LogP contribution in [0.4, 0.5) is 0 Å². The molecule has 4 nitrogen and oxygen atoms in total. The van der Waals surface area contributed by atoms with Crippen LogP contribution in [0.5, 0.6) is 0 Å². The third kappa shape index (κ3) is 5.50. The molecule has 0 saturated heterocycles. The molecule has 0 radical (unpaired) electrons. The largest absolute Gasteiger partial charge is 0.382 e. The number of rotatable bonds is 5. The highest BCUT2D eigenvalue weighted by molar-refractivity contribution is 5.76. The minimum absolute atomic E-state index is 0.108. The fourth-order valence-corrected chi connectivity index (χ4v) is 2.25. The van der Waals surface area contributed by atoms with E-state index in [2.05, 4.69) is 5.32 Å². The summed E-state index contributed by atoms with van der Waals surface area (Å²) in [4.78, 5) is 11.8. The number of carbonyl (C=O) groups excluding carboxylic acids is 1. The molecule has 0 heterocycles. The second-order valence-electron chi connectivity index (χ2n) is 5.06. The van der Waals surface area contributed by atoms with Crippen LogP contribution in [-0.4, -0.2) is 31.2 Å². The summed E-state index contributed by atoms with van der Waals surface area (Å²) in [5.41, 5.74) is 6.07. The molecule has 1 saturated carbocycles. The number of ether oxygens (including phenoxy) is 1. The molecule has 17 heavy (non-hydrogen) atoms. The molecule has 0 aromatic heterocycles. The van der Waals surface area contributed by atoms with E-state index in [-0.39, 0.29) is 24.1 Å². The average Bonchev–Trinajstić information content (AvgIpc) is 2.52. The molecule has 1 aliphatic rings. The molecule has 3 N–H and O–H groups in total. The summed E-state index contributed by atoms with van der Waals surface area (Å²) in [6.45, 7) is 1.98. The van der Waals surface area contributed by atoms with Crippen molar-refractivity contribution in [1.29, 1.82) is 0 Å². The van der Waals surface area contributed by atoms with Crippen LogP contribution >= 0.6 is 0 Å². The Labute approximate surface area is 104 Å². The van der Waals surface area contributed by atoms with Crippen molar-refractivity contribution in [2.75, 3.05) is 7.11 Å². The normalized spacial score (nSPS) is 27.2. The second-order valence-corrected chi connectivity index (χ2v) is 5.06. The maximum Gasteiger partial charge on any atom is 0.220 e. The summed E-state index contributed by atoms with van der Waals surface area (Å²) in [6, 6.07) is 0.296. The van der Waals surface area contributed by atoms with Gasteiger partial charge in [0.15, 0.2) is 0 Å². The Morgan fingerprint density at radius 1 is 1.41 bits per heavy atom. The van der Waals surface area contributed by atoms with Crippen molar-refractivity contribution in [1.82, 2.24) is 5.32 Å². The Morgan fingerprint density at radius 2 is 2.12 bits per heavy atom. The van der Waals surface area contributed by atoms with Gasteiger partial charge < -0.3 is 15.8 Å². The number of carbonyl (C=O) groups is 1. The van der Waals surface area contributed by atoms with E-state index >= 15 is 0 Å². The highest BCUT2D eigenvalue weighted by Crippen LogP contribution is 2.16. The predicted molar refractivity (Wildman–Crippen MR) is 68.7 cm³/mol. The van der Waals surface area contributed by atoms with Crippen molar-refractivity contribution in [3.63, 3.8) is 0 Å². The average molecular weight is 242 g/mol. The van der Waals surface area contributed by atoms with Crippen LogP contribution in [-0.2, 0) is 9.53 Å². The van der Waals surface area contributed by atoms with Gasteiger partial charge in [0.1, 0.15) is 0 Å². The first-order valence-corrected chi connectivity index (χ1v) is 6.71. The first-order valence-electron chi connectivity index (χ1n) is 6.71. The van der Waals surface area contributed by atoms with Crippen LogP contribution in [0.2, 0.25) is 0 Å². The molecule has 0 bridgehead atoms. The lowest BCUT2D eigenvalue weighted by molar-refractivity contribution is -0.122. The van der Waals surface area contributed by atoms with Gasteiger partial charge in [-0.05, 0) is 26.2 Å².